The number of allylic oxidation sites excluding steroid dienone is 1. The summed E-state index contributed by atoms with van der Waals surface area (Å²) in [6, 6.07) is 25.3. The van der Waals surface area contributed by atoms with Crippen LogP contribution in [0, 0.1) is 6.92 Å². The topological polar surface area (TPSA) is 76.4 Å². The van der Waals surface area contributed by atoms with Crippen molar-refractivity contribution in [2.45, 2.75) is 26.8 Å². The van der Waals surface area contributed by atoms with Crippen molar-refractivity contribution in [1.29, 1.82) is 0 Å². The molecule has 3 aromatic carbocycles. The van der Waals surface area contributed by atoms with E-state index >= 15 is 0 Å². The molecule has 0 unspecified atom stereocenters. The summed E-state index contributed by atoms with van der Waals surface area (Å²) in [6.07, 6.45) is 1.95. The lowest BCUT2D eigenvalue weighted by Gasteiger charge is -2.24. The number of nitrogens with zero attached hydrogens (tertiary/aromatic N) is 2. The molecule has 39 heavy (non-hydrogen) atoms. The molecule has 1 aliphatic rings. The summed E-state index contributed by atoms with van der Waals surface area (Å²) in [7, 11) is 0. The maximum Gasteiger partial charge on any atom is 0.338 e. The van der Waals surface area contributed by atoms with E-state index in [4.69, 9.17) is 9.73 Å². The number of aromatic nitrogens is 2. The third-order valence-corrected chi connectivity index (χ3v) is 8.04. The number of hydrogen-bond donors (Lipinski definition) is 1. The summed E-state index contributed by atoms with van der Waals surface area (Å²) in [5.74, 6) is -0.458. The highest BCUT2D eigenvalue weighted by Gasteiger charge is 2.33. The van der Waals surface area contributed by atoms with E-state index in [0.717, 1.165) is 38.9 Å². The van der Waals surface area contributed by atoms with Crippen LogP contribution in [0.25, 0.3) is 28.2 Å². The summed E-state index contributed by atoms with van der Waals surface area (Å²) in [5.41, 5.74) is 6.68. The molecule has 0 aliphatic carbocycles. The molecular weight excluding hydrogens is 506 g/mol. The van der Waals surface area contributed by atoms with Gasteiger partial charge in [0.15, 0.2) is 4.80 Å². The molecule has 6 nitrogen and oxygen atoms in total. The first kappa shape index (κ1) is 24.8. The van der Waals surface area contributed by atoms with Crippen LogP contribution < -0.4 is 14.9 Å². The van der Waals surface area contributed by atoms with Gasteiger partial charge in [-0.15, -0.1) is 0 Å². The first-order chi connectivity index (χ1) is 19.0. The van der Waals surface area contributed by atoms with Crippen molar-refractivity contribution in [2.75, 3.05) is 6.61 Å². The summed E-state index contributed by atoms with van der Waals surface area (Å²) in [4.78, 5) is 36.1. The van der Waals surface area contributed by atoms with E-state index in [9.17, 15) is 9.59 Å². The van der Waals surface area contributed by atoms with Crippen molar-refractivity contribution in [3.63, 3.8) is 0 Å². The fourth-order valence-electron chi connectivity index (χ4n) is 5.24. The second-order valence-electron chi connectivity index (χ2n) is 9.49. The largest absolute Gasteiger partial charge is 0.463 e. The van der Waals surface area contributed by atoms with E-state index in [1.54, 1.807) is 18.4 Å². The fourth-order valence-corrected chi connectivity index (χ4v) is 6.27. The van der Waals surface area contributed by atoms with Gasteiger partial charge >= 0.3 is 5.97 Å². The third-order valence-electron chi connectivity index (χ3n) is 7.05. The number of nitrogens with one attached hydrogen (secondary N) is 1. The van der Waals surface area contributed by atoms with Crippen LogP contribution in [-0.2, 0) is 9.53 Å². The molecule has 2 aromatic heterocycles. The summed E-state index contributed by atoms with van der Waals surface area (Å²) in [6.45, 7) is 5.89. The van der Waals surface area contributed by atoms with Gasteiger partial charge in [0.25, 0.3) is 5.56 Å². The van der Waals surface area contributed by atoms with Crippen LogP contribution in [-0.4, -0.2) is 22.1 Å². The molecule has 1 N–H and O–H groups in total. The average molecular weight is 534 g/mol. The first-order valence-electron chi connectivity index (χ1n) is 12.9. The predicted octanol–water partition coefficient (Wildman–Crippen LogP) is 5.26. The Bertz CT molecular complexity index is 1930. The van der Waals surface area contributed by atoms with Gasteiger partial charge in [0, 0.05) is 16.5 Å². The SMILES string of the molecule is CCOC(=O)C1=C(C)N=c2s/c(=C/c3c(-c4ccccc4)[nH]c4c(C)cccc34)c(=O)n2[C@H]1c1ccccc1. The highest BCUT2D eigenvalue weighted by atomic mass is 32.1. The Balaban J connectivity index is 1.62. The minimum atomic E-state index is -0.623. The van der Waals surface area contributed by atoms with Crippen molar-refractivity contribution >= 4 is 34.3 Å². The van der Waals surface area contributed by atoms with Crippen LogP contribution in [0.15, 0.2) is 99.9 Å². The number of carbonyl (C=O) groups is 1. The van der Waals surface area contributed by atoms with Gasteiger partial charge in [0.05, 0.1) is 34.1 Å². The van der Waals surface area contributed by atoms with E-state index in [1.165, 1.54) is 11.3 Å². The van der Waals surface area contributed by atoms with Gasteiger partial charge < -0.3 is 9.72 Å². The number of para-hydroxylation sites is 1. The molecule has 194 valence electrons. The Labute approximate surface area is 229 Å². The molecule has 0 amide bonds. The molecule has 7 heteroatoms. The number of esters is 1. The van der Waals surface area contributed by atoms with Crippen LogP contribution in [0.4, 0.5) is 0 Å². The molecule has 1 atom stereocenters. The minimum Gasteiger partial charge on any atom is -0.463 e. The molecule has 0 saturated heterocycles. The summed E-state index contributed by atoms with van der Waals surface area (Å²) in [5, 5.41) is 1.04. The van der Waals surface area contributed by atoms with E-state index < -0.39 is 12.0 Å². The minimum absolute atomic E-state index is 0.192. The Morgan fingerprint density at radius 2 is 1.74 bits per heavy atom. The monoisotopic (exact) mass is 533 g/mol. The second-order valence-corrected chi connectivity index (χ2v) is 10.5. The van der Waals surface area contributed by atoms with Crippen molar-refractivity contribution in [2.24, 2.45) is 4.99 Å². The molecule has 3 heterocycles. The number of thiazole rings is 1. The molecule has 6 rings (SSSR count). The first-order valence-corrected chi connectivity index (χ1v) is 13.7. The van der Waals surface area contributed by atoms with Gasteiger partial charge in [0.2, 0.25) is 0 Å². The maximum atomic E-state index is 14.1. The summed E-state index contributed by atoms with van der Waals surface area (Å²) >= 11 is 1.33. The smallest absolute Gasteiger partial charge is 0.338 e. The second kappa shape index (κ2) is 10.0. The number of aryl methyl sites for hydroxylation is 1. The fraction of sp³-hybridized carbons (Fsp3) is 0.156. The van der Waals surface area contributed by atoms with Crippen LogP contribution in [0.2, 0.25) is 0 Å². The lowest BCUT2D eigenvalue weighted by molar-refractivity contribution is -0.139. The maximum absolute atomic E-state index is 14.1. The van der Waals surface area contributed by atoms with Crippen LogP contribution in [0.5, 0.6) is 0 Å². The molecule has 5 aromatic rings. The standard InChI is InChI=1S/C32H27N3O3S/c1-4-38-31(37)26-20(3)33-32-35(29(26)22-15-9-6-10-16-22)30(36)25(39-32)18-24-23-17-11-12-19(2)27(23)34-28(24)21-13-7-5-8-14-21/h5-18,29,34H,4H2,1-3H3/b25-18+/t29-/m0/s1. The van der Waals surface area contributed by atoms with Crippen molar-refractivity contribution < 1.29 is 9.53 Å². The van der Waals surface area contributed by atoms with Gasteiger partial charge in [-0.2, -0.15) is 0 Å². The third kappa shape index (κ3) is 4.25. The number of H-pyrrole nitrogens is 1. The van der Waals surface area contributed by atoms with Crippen LogP contribution >= 0.6 is 11.3 Å². The normalized spacial score (nSPS) is 15.4. The molecule has 0 saturated carbocycles. The van der Waals surface area contributed by atoms with E-state index in [2.05, 4.69) is 36.2 Å². The van der Waals surface area contributed by atoms with Crippen LogP contribution in [0.3, 0.4) is 0 Å². The molecule has 0 bridgehead atoms. The zero-order valence-corrected chi connectivity index (χ0v) is 22.7. The lowest BCUT2D eigenvalue weighted by Crippen LogP contribution is -2.39. The number of ether oxygens (including phenoxy) is 1. The van der Waals surface area contributed by atoms with Gasteiger partial charge in [-0.05, 0) is 43.5 Å². The quantitative estimate of drug-likeness (QED) is 0.313. The average Bonchev–Trinajstić information content (AvgIpc) is 3.47. The number of rotatable bonds is 5. The van der Waals surface area contributed by atoms with Crippen molar-refractivity contribution in [3.05, 3.63) is 127 Å². The van der Waals surface area contributed by atoms with E-state index in [0.29, 0.717) is 20.6 Å². The zero-order valence-electron chi connectivity index (χ0n) is 21.9. The Morgan fingerprint density at radius 3 is 2.46 bits per heavy atom. The Hall–Kier alpha value is -4.49. The Morgan fingerprint density at radius 1 is 1.03 bits per heavy atom. The molecule has 0 radical (unpaired) electrons. The number of carbonyl (C=O) groups excluding carboxylic acids is 1. The van der Waals surface area contributed by atoms with Gasteiger partial charge in [-0.1, -0.05) is 90.2 Å². The van der Waals surface area contributed by atoms with Crippen LogP contribution in [0.1, 0.15) is 36.6 Å². The van der Waals surface area contributed by atoms with E-state index in [1.807, 2.05) is 60.7 Å². The Kier molecular flexibility index (Phi) is 6.37. The highest BCUT2D eigenvalue weighted by molar-refractivity contribution is 7.07. The number of aromatic amines is 1. The lowest BCUT2D eigenvalue weighted by atomic mass is 9.96. The van der Waals surface area contributed by atoms with Gasteiger partial charge in [-0.3, -0.25) is 9.36 Å². The molecule has 0 fully saturated rings. The molecule has 0 spiro atoms. The number of benzene rings is 3. The van der Waals surface area contributed by atoms with Crippen molar-refractivity contribution in [1.82, 2.24) is 9.55 Å². The zero-order chi connectivity index (χ0) is 27.1. The van der Waals surface area contributed by atoms with E-state index in [-0.39, 0.29) is 12.2 Å². The van der Waals surface area contributed by atoms with Gasteiger partial charge in [-0.25, -0.2) is 9.79 Å². The highest BCUT2D eigenvalue weighted by Crippen LogP contribution is 2.33. The molecule has 1 aliphatic heterocycles. The summed E-state index contributed by atoms with van der Waals surface area (Å²) < 4.78 is 7.57. The van der Waals surface area contributed by atoms with Gasteiger partial charge in [0.1, 0.15) is 0 Å². The predicted molar refractivity (Wildman–Crippen MR) is 155 cm³/mol. The number of hydrogen-bond acceptors (Lipinski definition) is 5. The molecular formula is C32H27N3O3S. The number of fused-ring (bicyclic) bond motifs is 2. The van der Waals surface area contributed by atoms with Crippen molar-refractivity contribution in [3.8, 4) is 11.3 Å².